The van der Waals surface area contributed by atoms with Crippen LogP contribution in [0.2, 0.25) is 0 Å². The molecule has 1 aliphatic heterocycles. The number of halogens is 1. The second kappa shape index (κ2) is 11.2. The number of rotatable bonds is 8. The highest BCUT2D eigenvalue weighted by atomic mass is 79.9. The van der Waals surface area contributed by atoms with E-state index in [1.54, 1.807) is 0 Å². The first-order valence-corrected chi connectivity index (χ1v) is 14.0. The van der Waals surface area contributed by atoms with E-state index in [9.17, 15) is 21.4 Å². The summed E-state index contributed by atoms with van der Waals surface area (Å²) in [4.78, 5) is 0. The summed E-state index contributed by atoms with van der Waals surface area (Å²) in [5, 5.41) is 0. The van der Waals surface area contributed by atoms with Crippen molar-refractivity contribution in [1.82, 2.24) is 0 Å². The van der Waals surface area contributed by atoms with Gasteiger partial charge in [-0.15, -0.1) is 0 Å². The Balaban J connectivity index is 0.000000451. The zero-order chi connectivity index (χ0) is 24.0. The molecule has 32 heavy (non-hydrogen) atoms. The van der Waals surface area contributed by atoms with Crippen LogP contribution >= 0.6 is 15.9 Å². The van der Waals surface area contributed by atoms with Crippen molar-refractivity contribution in [1.29, 1.82) is 0 Å². The van der Waals surface area contributed by atoms with Gasteiger partial charge in [-0.05, 0) is 26.0 Å². The quantitative estimate of drug-likeness (QED) is 0.215. The smallest absolute Gasteiger partial charge is 0.265 e. The van der Waals surface area contributed by atoms with E-state index in [4.69, 9.17) is 4.18 Å². The molecule has 1 fully saturated rings. The maximum atomic E-state index is 11.4. The van der Waals surface area contributed by atoms with Crippen LogP contribution in [0.4, 0.5) is 0 Å². The lowest BCUT2D eigenvalue weighted by Crippen LogP contribution is -2.68. The van der Waals surface area contributed by atoms with Crippen LogP contribution < -0.4 is 0 Å². The van der Waals surface area contributed by atoms with Crippen LogP contribution in [0.25, 0.3) is 0 Å². The lowest BCUT2D eigenvalue weighted by atomic mass is 9.90. The van der Waals surface area contributed by atoms with Crippen LogP contribution in [0.1, 0.15) is 31.0 Å². The molecule has 0 saturated carbocycles. The van der Waals surface area contributed by atoms with E-state index in [1.165, 1.54) is 18.1 Å². The van der Waals surface area contributed by atoms with Gasteiger partial charge in [-0.1, -0.05) is 58.4 Å². The lowest BCUT2D eigenvalue weighted by molar-refractivity contribution is -0.991. The highest BCUT2D eigenvalue weighted by Crippen LogP contribution is 2.41. The minimum Gasteiger partial charge on any atom is -0.726 e. The molecular formula is C21H28BrNO7S2. The van der Waals surface area contributed by atoms with Gasteiger partial charge in [0.15, 0.2) is 6.10 Å². The molecule has 0 N–H and O–H groups in total. The lowest BCUT2D eigenvalue weighted by Gasteiger charge is -2.53. The minimum atomic E-state index is -4.42. The Kier molecular flexibility index (Phi) is 9.41. The van der Waals surface area contributed by atoms with Crippen LogP contribution in [0, 0.1) is 0 Å². The summed E-state index contributed by atoms with van der Waals surface area (Å²) < 4.78 is 62.0. The average molecular weight is 550 g/mol. The summed E-state index contributed by atoms with van der Waals surface area (Å²) >= 11 is 3.50. The normalized spacial score (nSPS) is 21.7. The van der Waals surface area contributed by atoms with E-state index in [2.05, 4.69) is 75.6 Å². The number of quaternary nitrogens is 1. The molecule has 1 aliphatic rings. The van der Waals surface area contributed by atoms with Crippen LogP contribution in [-0.4, -0.2) is 64.5 Å². The predicted octanol–water partition coefficient (Wildman–Crippen LogP) is 3.22. The molecule has 0 aliphatic carbocycles. The van der Waals surface area contributed by atoms with Crippen molar-refractivity contribution in [3.05, 3.63) is 70.2 Å². The highest BCUT2D eigenvalue weighted by molar-refractivity contribution is 9.10. The van der Waals surface area contributed by atoms with Gasteiger partial charge in [0.05, 0.1) is 19.4 Å². The molecule has 1 atom stereocenters. The van der Waals surface area contributed by atoms with Gasteiger partial charge in [0.2, 0.25) is 10.4 Å². The number of hydrogen-bond acceptors (Lipinski definition) is 7. The molecule has 11 heteroatoms. The number of benzene rings is 2. The van der Waals surface area contributed by atoms with E-state index in [0.717, 1.165) is 21.8 Å². The van der Waals surface area contributed by atoms with Crippen LogP contribution in [0.5, 0.6) is 0 Å². The molecule has 8 nitrogen and oxygen atoms in total. The van der Waals surface area contributed by atoms with Crippen molar-refractivity contribution in [3.8, 4) is 0 Å². The SMILES string of the molecule is CCOS(=O)(=O)[O-].CC[N+]1(C(c2ccccc2)c2ccc(Br)cc2)CC(OS(C)(=O)=O)C1. The highest BCUT2D eigenvalue weighted by Gasteiger charge is 2.51. The minimum absolute atomic E-state index is 0.0914. The van der Waals surface area contributed by atoms with E-state index in [-0.39, 0.29) is 18.8 Å². The average Bonchev–Trinajstić information content (AvgIpc) is 2.67. The molecule has 3 rings (SSSR count). The monoisotopic (exact) mass is 549 g/mol. The Morgan fingerprint density at radius 1 is 1.00 bits per heavy atom. The molecule has 0 amide bonds. The molecule has 2 aromatic carbocycles. The first-order valence-electron chi connectivity index (χ1n) is 10.0. The van der Waals surface area contributed by atoms with E-state index in [0.29, 0.717) is 13.1 Å². The van der Waals surface area contributed by atoms with Crippen molar-refractivity contribution >= 4 is 36.4 Å². The third kappa shape index (κ3) is 7.91. The van der Waals surface area contributed by atoms with Gasteiger partial charge in [0.25, 0.3) is 10.1 Å². The zero-order valence-electron chi connectivity index (χ0n) is 18.2. The van der Waals surface area contributed by atoms with E-state index < -0.39 is 20.5 Å². The largest absolute Gasteiger partial charge is 0.726 e. The van der Waals surface area contributed by atoms with Gasteiger partial charge in [0, 0.05) is 15.6 Å². The summed E-state index contributed by atoms with van der Waals surface area (Å²) in [5.74, 6) is 0. The second-order valence-corrected chi connectivity index (χ2v) is 11.1. The number of nitrogens with zero attached hydrogens (tertiary/aromatic N) is 1. The second-order valence-electron chi connectivity index (χ2n) is 7.50. The Morgan fingerprint density at radius 2 is 1.53 bits per heavy atom. The first kappa shape index (κ1) is 26.9. The van der Waals surface area contributed by atoms with Crippen LogP contribution in [0.3, 0.4) is 0 Å². The van der Waals surface area contributed by atoms with E-state index in [1.807, 2.05) is 6.07 Å². The fraction of sp³-hybridized carbons (Fsp3) is 0.429. The van der Waals surface area contributed by atoms with E-state index >= 15 is 0 Å². The fourth-order valence-corrected chi connectivity index (χ4v) is 5.14. The summed E-state index contributed by atoms with van der Waals surface area (Å²) in [6.45, 7) is 5.80. The third-order valence-electron chi connectivity index (χ3n) is 5.19. The maximum Gasteiger partial charge on any atom is 0.265 e. The molecule has 1 heterocycles. The van der Waals surface area contributed by atoms with Gasteiger partial charge >= 0.3 is 0 Å². The van der Waals surface area contributed by atoms with Crippen molar-refractivity contribution < 1.29 is 34.2 Å². The molecule has 1 saturated heterocycles. The topological polar surface area (TPSA) is 110 Å². The van der Waals surface area contributed by atoms with Crippen LogP contribution in [0.15, 0.2) is 59.1 Å². The summed E-state index contributed by atoms with van der Waals surface area (Å²) in [6, 6.07) is 19.0. The standard InChI is InChI=1S/C19H23BrNO3S.C2H6O4S/c1-3-21(13-18(14-21)24-25(2,22)23)19(15-7-5-4-6-8-15)16-9-11-17(20)12-10-16;1-2-6-7(3,4)5/h4-12,18-19H,3,13-14H2,1-2H3;2H2,1H3,(H,3,4,5)/q+1;/p-1. The Morgan fingerprint density at radius 3 is 1.94 bits per heavy atom. The molecule has 0 aromatic heterocycles. The number of likely N-dealkylation sites (N-methyl/N-ethyl adjacent to an activating group) is 1. The molecule has 0 bridgehead atoms. The molecule has 178 valence electrons. The summed E-state index contributed by atoms with van der Waals surface area (Å²) in [7, 11) is -7.84. The molecular weight excluding hydrogens is 522 g/mol. The molecule has 1 unspecified atom stereocenters. The Hall–Kier alpha value is -1.34. The number of likely N-dealkylation sites (tertiary alicyclic amines) is 1. The van der Waals surface area contributed by atoms with Gasteiger partial charge < -0.3 is 9.04 Å². The molecule has 2 aromatic rings. The summed E-state index contributed by atoms with van der Waals surface area (Å²) in [5.41, 5.74) is 2.47. The summed E-state index contributed by atoms with van der Waals surface area (Å²) in [6.07, 6.45) is 0.881. The predicted molar refractivity (Wildman–Crippen MR) is 124 cm³/mol. The van der Waals surface area contributed by atoms with Crippen molar-refractivity contribution in [2.75, 3.05) is 32.5 Å². The molecule has 0 spiro atoms. The molecule has 0 radical (unpaired) electrons. The third-order valence-corrected chi connectivity index (χ3v) is 6.86. The maximum absolute atomic E-state index is 11.4. The first-order chi connectivity index (χ1) is 14.9. The Bertz CT molecular complexity index is 1070. The van der Waals surface area contributed by atoms with Crippen molar-refractivity contribution in [2.24, 2.45) is 0 Å². The fourth-order valence-electron chi connectivity index (χ4n) is 3.97. The number of hydrogen-bond donors (Lipinski definition) is 0. The van der Waals surface area contributed by atoms with Gasteiger partial charge in [-0.2, -0.15) is 8.42 Å². The van der Waals surface area contributed by atoms with Gasteiger partial charge in [0.1, 0.15) is 19.1 Å². The van der Waals surface area contributed by atoms with Gasteiger partial charge in [-0.25, -0.2) is 8.42 Å². The van der Waals surface area contributed by atoms with Gasteiger partial charge in [-0.3, -0.25) is 8.37 Å². The Labute approximate surface area is 199 Å². The van der Waals surface area contributed by atoms with Crippen molar-refractivity contribution in [3.63, 3.8) is 0 Å². The van der Waals surface area contributed by atoms with Crippen molar-refractivity contribution in [2.45, 2.75) is 26.0 Å². The zero-order valence-corrected chi connectivity index (χ0v) is 21.4. The van der Waals surface area contributed by atoms with Crippen LogP contribution in [-0.2, 0) is 28.9 Å².